The summed E-state index contributed by atoms with van der Waals surface area (Å²) in [5.74, 6) is -0.262. The summed E-state index contributed by atoms with van der Waals surface area (Å²) in [7, 11) is 0. The van der Waals surface area contributed by atoms with Crippen molar-refractivity contribution in [1.29, 1.82) is 0 Å². The Balaban J connectivity index is 2.27. The minimum Gasteiger partial charge on any atom is -0.369 e. The Hall–Kier alpha value is -0.910. The molecule has 1 aliphatic rings. The van der Waals surface area contributed by atoms with Crippen LogP contribution >= 0.6 is 11.3 Å². The fourth-order valence-electron chi connectivity index (χ4n) is 3.17. The topological polar surface area (TPSA) is 72.3 Å². The van der Waals surface area contributed by atoms with Crippen LogP contribution in [0.1, 0.15) is 49.9 Å². The van der Waals surface area contributed by atoms with E-state index in [-0.39, 0.29) is 18.0 Å². The summed E-state index contributed by atoms with van der Waals surface area (Å²) in [6.07, 6.45) is 5.65. The standard InChI is InChI=1S/C15H25N3OS/c1-2-12(16)15(13-8-5-9-20-13)18(10-14(17)19)11-6-3-4-7-11/h5,8-9,11-12,15H,2-4,6-7,10,16H2,1H3,(H2,17,19). The Labute approximate surface area is 125 Å². The number of rotatable bonds is 7. The van der Waals surface area contributed by atoms with E-state index in [4.69, 9.17) is 11.5 Å². The molecule has 0 aliphatic heterocycles. The van der Waals surface area contributed by atoms with Gasteiger partial charge in [-0.05, 0) is 30.7 Å². The average molecular weight is 295 g/mol. The van der Waals surface area contributed by atoms with E-state index in [0.29, 0.717) is 12.6 Å². The van der Waals surface area contributed by atoms with E-state index in [1.54, 1.807) is 11.3 Å². The van der Waals surface area contributed by atoms with E-state index in [9.17, 15) is 4.79 Å². The van der Waals surface area contributed by atoms with Gasteiger partial charge in [-0.25, -0.2) is 0 Å². The first-order valence-corrected chi connectivity index (χ1v) is 8.34. The average Bonchev–Trinajstić information content (AvgIpc) is 3.10. The minimum absolute atomic E-state index is 0.0357. The summed E-state index contributed by atoms with van der Waals surface area (Å²) in [5.41, 5.74) is 11.8. The molecule has 1 fully saturated rings. The van der Waals surface area contributed by atoms with E-state index in [0.717, 1.165) is 19.3 Å². The zero-order chi connectivity index (χ0) is 14.5. The number of hydrogen-bond donors (Lipinski definition) is 2. The monoisotopic (exact) mass is 295 g/mol. The number of carbonyl (C=O) groups excluding carboxylic acids is 1. The summed E-state index contributed by atoms with van der Waals surface area (Å²) in [6.45, 7) is 2.41. The van der Waals surface area contributed by atoms with Crippen LogP contribution in [0.5, 0.6) is 0 Å². The Kier molecular flexibility index (Phi) is 5.57. The maximum Gasteiger partial charge on any atom is 0.231 e. The lowest BCUT2D eigenvalue weighted by atomic mass is 10.00. The number of carbonyl (C=O) groups is 1. The zero-order valence-electron chi connectivity index (χ0n) is 12.1. The molecule has 1 aromatic rings. The van der Waals surface area contributed by atoms with Crippen LogP contribution in [0.3, 0.4) is 0 Å². The SMILES string of the molecule is CCC(N)C(c1cccs1)N(CC(N)=O)C1CCCC1. The molecule has 4 N–H and O–H groups in total. The lowest BCUT2D eigenvalue weighted by molar-refractivity contribution is -0.120. The number of thiophene rings is 1. The van der Waals surface area contributed by atoms with Crippen molar-refractivity contribution in [3.05, 3.63) is 22.4 Å². The van der Waals surface area contributed by atoms with E-state index in [1.807, 2.05) is 6.07 Å². The largest absolute Gasteiger partial charge is 0.369 e. The molecule has 5 heteroatoms. The van der Waals surface area contributed by atoms with Crippen molar-refractivity contribution in [2.24, 2.45) is 11.5 Å². The molecule has 0 bridgehead atoms. The molecule has 1 aliphatic carbocycles. The quantitative estimate of drug-likeness (QED) is 0.810. The van der Waals surface area contributed by atoms with Crippen molar-refractivity contribution in [2.75, 3.05) is 6.54 Å². The zero-order valence-corrected chi connectivity index (χ0v) is 12.9. The van der Waals surface area contributed by atoms with Gasteiger partial charge in [-0.1, -0.05) is 25.8 Å². The minimum atomic E-state index is -0.262. The molecular weight excluding hydrogens is 270 g/mol. The molecule has 1 saturated carbocycles. The van der Waals surface area contributed by atoms with E-state index in [2.05, 4.69) is 23.3 Å². The maximum atomic E-state index is 11.5. The molecule has 1 amide bonds. The predicted molar refractivity (Wildman–Crippen MR) is 83.5 cm³/mol. The highest BCUT2D eigenvalue weighted by Gasteiger charge is 2.34. The molecule has 1 aromatic heterocycles. The van der Waals surface area contributed by atoms with Crippen molar-refractivity contribution >= 4 is 17.2 Å². The molecule has 20 heavy (non-hydrogen) atoms. The Morgan fingerprint density at radius 1 is 1.50 bits per heavy atom. The van der Waals surface area contributed by atoms with Crippen LogP contribution in [0.2, 0.25) is 0 Å². The smallest absolute Gasteiger partial charge is 0.231 e. The summed E-state index contributed by atoms with van der Waals surface area (Å²) >= 11 is 1.72. The van der Waals surface area contributed by atoms with Gasteiger partial charge in [0.15, 0.2) is 0 Å². The second-order valence-electron chi connectivity index (χ2n) is 5.61. The number of nitrogens with zero attached hydrogens (tertiary/aromatic N) is 1. The summed E-state index contributed by atoms with van der Waals surface area (Å²) in [4.78, 5) is 15.0. The molecular formula is C15H25N3OS. The van der Waals surface area contributed by atoms with Crippen molar-refractivity contribution in [3.8, 4) is 0 Å². The number of hydrogen-bond acceptors (Lipinski definition) is 4. The fraction of sp³-hybridized carbons (Fsp3) is 0.667. The first-order valence-electron chi connectivity index (χ1n) is 7.46. The van der Waals surface area contributed by atoms with Crippen molar-refractivity contribution < 1.29 is 4.79 Å². The third-order valence-electron chi connectivity index (χ3n) is 4.20. The van der Waals surface area contributed by atoms with Gasteiger partial charge in [0.05, 0.1) is 12.6 Å². The molecule has 0 spiro atoms. The second-order valence-corrected chi connectivity index (χ2v) is 6.59. The summed E-state index contributed by atoms with van der Waals surface area (Å²) in [5, 5.41) is 2.07. The predicted octanol–water partition coefficient (Wildman–Crippen LogP) is 2.26. The number of nitrogens with two attached hydrogens (primary N) is 2. The molecule has 112 valence electrons. The Bertz CT molecular complexity index is 415. The van der Waals surface area contributed by atoms with E-state index in [1.165, 1.54) is 17.7 Å². The summed E-state index contributed by atoms with van der Waals surface area (Å²) < 4.78 is 0. The van der Waals surface area contributed by atoms with Gasteiger partial charge >= 0.3 is 0 Å². The molecule has 0 saturated heterocycles. The van der Waals surface area contributed by atoms with Gasteiger partial charge < -0.3 is 11.5 Å². The van der Waals surface area contributed by atoms with Gasteiger partial charge in [0.2, 0.25) is 5.91 Å². The molecule has 2 rings (SSSR count). The lowest BCUT2D eigenvalue weighted by Gasteiger charge is -2.38. The number of primary amides is 1. The van der Waals surface area contributed by atoms with Gasteiger partial charge in [-0.3, -0.25) is 9.69 Å². The van der Waals surface area contributed by atoms with Crippen LogP contribution in [0.15, 0.2) is 17.5 Å². The molecule has 4 nitrogen and oxygen atoms in total. The highest BCUT2D eigenvalue weighted by atomic mass is 32.1. The molecule has 2 atom stereocenters. The van der Waals surface area contributed by atoms with E-state index < -0.39 is 0 Å². The second kappa shape index (κ2) is 7.20. The van der Waals surface area contributed by atoms with Crippen molar-refractivity contribution in [1.82, 2.24) is 4.90 Å². The molecule has 2 unspecified atom stereocenters. The van der Waals surface area contributed by atoms with Crippen LogP contribution in [0.4, 0.5) is 0 Å². The highest BCUT2D eigenvalue weighted by molar-refractivity contribution is 7.10. The third kappa shape index (κ3) is 3.59. The Morgan fingerprint density at radius 2 is 2.20 bits per heavy atom. The van der Waals surface area contributed by atoms with Gasteiger partial charge in [0.1, 0.15) is 0 Å². The van der Waals surface area contributed by atoms with Crippen LogP contribution in [-0.4, -0.2) is 29.4 Å². The lowest BCUT2D eigenvalue weighted by Crippen LogP contribution is -2.48. The highest BCUT2D eigenvalue weighted by Crippen LogP contribution is 2.35. The molecule has 0 radical (unpaired) electrons. The first kappa shape index (κ1) is 15.5. The van der Waals surface area contributed by atoms with Crippen LogP contribution in [-0.2, 0) is 4.79 Å². The normalized spacial score (nSPS) is 19.4. The van der Waals surface area contributed by atoms with Crippen LogP contribution in [0.25, 0.3) is 0 Å². The maximum absolute atomic E-state index is 11.5. The molecule has 0 aromatic carbocycles. The van der Waals surface area contributed by atoms with Crippen molar-refractivity contribution in [3.63, 3.8) is 0 Å². The van der Waals surface area contributed by atoms with Gasteiger partial charge in [-0.2, -0.15) is 0 Å². The number of amides is 1. The van der Waals surface area contributed by atoms with Crippen LogP contribution < -0.4 is 11.5 Å². The van der Waals surface area contributed by atoms with Crippen LogP contribution in [0, 0.1) is 0 Å². The van der Waals surface area contributed by atoms with Crippen molar-refractivity contribution in [2.45, 2.75) is 57.2 Å². The third-order valence-corrected chi connectivity index (χ3v) is 5.14. The first-order chi connectivity index (χ1) is 9.63. The fourth-order valence-corrected chi connectivity index (χ4v) is 4.09. The molecule has 1 heterocycles. The van der Waals surface area contributed by atoms with Gasteiger partial charge in [0.25, 0.3) is 0 Å². The van der Waals surface area contributed by atoms with Gasteiger partial charge in [-0.15, -0.1) is 11.3 Å². The van der Waals surface area contributed by atoms with E-state index >= 15 is 0 Å². The Morgan fingerprint density at radius 3 is 2.70 bits per heavy atom. The van der Waals surface area contributed by atoms with Gasteiger partial charge in [0, 0.05) is 17.0 Å². The summed E-state index contributed by atoms with van der Waals surface area (Å²) in [6, 6.07) is 4.75.